The Morgan fingerprint density at radius 2 is 2.22 bits per heavy atom. The number of carbonyl (C=O) groups is 1. The maximum absolute atomic E-state index is 11.3. The van der Waals surface area contributed by atoms with E-state index in [4.69, 9.17) is 11.6 Å². The van der Waals surface area contributed by atoms with Crippen LogP contribution in [0.1, 0.15) is 6.92 Å². The van der Waals surface area contributed by atoms with Crippen molar-refractivity contribution >= 4 is 28.5 Å². The third kappa shape index (κ3) is 2.41. The van der Waals surface area contributed by atoms with Gasteiger partial charge in [0.25, 0.3) is 0 Å². The first-order valence-corrected chi connectivity index (χ1v) is 5.99. The van der Waals surface area contributed by atoms with Crippen LogP contribution in [0, 0.1) is 0 Å². The summed E-state index contributed by atoms with van der Waals surface area (Å²) in [6.45, 7) is 2.33. The number of para-hydroxylation sites is 1. The standard InChI is InChI=1S/C14H14ClNO2/c1-10(14(17)18-2)6-8-16-9-7-11-4-3-5-12(15)13(11)16/h3-7,9H,8H2,1-2H3/b10-6+. The average molecular weight is 264 g/mol. The zero-order chi connectivity index (χ0) is 13.1. The van der Waals surface area contributed by atoms with Gasteiger partial charge in [0.2, 0.25) is 0 Å². The Labute approximate surface area is 111 Å². The van der Waals surface area contributed by atoms with E-state index in [1.807, 2.05) is 41.1 Å². The predicted molar refractivity (Wildman–Crippen MR) is 72.7 cm³/mol. The molecule has 0 radical (unpaired) electrons. The molecule has 1 aromatic heterocycles. The van der Waals surface area contributed by atoms with Gasteiger partial charge in [0.05, 0.1) is 17.6 Å². The van der Waals surface area contributed by atoms with Crippen LogP contribution in [0.5, 0.6) is 0 Å². The van der Waals surface area contributed by atoms with E-state index < -0.39 is 0 Å². The Morgan fingerprint density at radius 3 is 2.94 bits per heavy atom. The van der Waals surface area contributed by atoms with Crippen molar-refractivity contribution in [2.24, 2.45) is 0 Å². The molecule has 0 fully saturated rings. The number of ether oxygens (including phenoxy) is 1. The molecule has 0 spiro atoms. The van der Waals surface area contributed by atoms with E-state index in [-0.39, 0.29) is 5.97 Å². The van der Waals surface area contributed by atoms with E-state index in [1.54, 1.807) is 6.92 Å². The van der Waals surface area contributed by atoms with Crippen molar-refractivity contribution in [2.45, 2.75) is 13.5 Å². The van der Waals surface area contributed by atoms with Crippen molar-refractivity contribution in [3.8, 4) is 0 Å². The average Bonchev–Trinajstić information content (AvgIpc) is 2.79. The summed E-state index contributed by atoms with van der Waals surface area (Å²) in [5, 5.41) is 1.80. The molecular weight excluding hydrogens is 250 g/mol. The van der Waals surface area contributed by atoms with Crippen molar-refractivity contribution in [2.75, 3.05) is 7.11 Å². The number of nitrogens with zero attached hydrogens (tertiary/aromatic N) is 1. The summed E-state index contributed by atoms with van der Waals surface area (Å²) in [5.41, 5.74) is 1.57. The fourth-order valence-corrected chi connectivity index (χ4v) is 2.14. The lowest BCUT2D eigenvalue weighted by Crippen LogP contribution is -2.03. The van der Waals surface area contributed by atoms with E-state index in [9.17, 15) is 4.79 Å². The second-order valence-corrected chi connectivity index (χ2v) is 4.43. The minimum absolute atomic E-state index is 0.308. The first-order chi connectivity index (χ1) is 8.63. The van der Waals surface area contributed by atoms with Gasteiger partial charge in [0.1, 0.15) is 0 Å². The van der Waals surface area contributed by atoms with Gasteiger partial charge in [-0.3, -0.25) is 0 Å². The highest BCUT2D eigenvalue weighted by atomic mass is 35.5. The molecule has 0 amide bonds. The second kappa shape index (κ2) is 5.27. The SMILES string of the molecule is COC(=O)/C(C)=C/Cn1ccc2cccc(Cl)c21. The molecule has 2 rings (SSSR count). The molecule has 4 heteroatoms. The molecule has 0 bridgehead atoms. The number of esters is 1. The fraction of sp³-hybridized carbons (Fsp3) is 0.214. The summed E-state index contributed by atoms with van der Waals surface area (Å²) in [6, 6.07) is 7.79. The molecule has 0 saturated carbocycles. The van der Waals surface area contributed by atoms with E-state index in [0.29, 0.717) is 17.1 Å². The minimum atomic E-state index is -0.308. The number of hydrogen-bond donors (Lipinski definition) is 0. The summed E-state index contributed by atoms with van der Waals surface area (Å²) in [6.07, 6.45) is 3.78. The van der Waals surface area contributed by atoms with Crippen LogP contribution >= 0.6 is 11.6 Å². The van der Waals surface area contributed by atoms with Gasteiger partial charge < -0.3 is 9.30 Å². The number of aromatic nitrogens is 1. The van der Waals surface area contributed by atoms with Crippen molar-refractivity contribution in [1.82, 2.24) is 4.57 Å². The van der Waals surface area contributed by atoms with Crippen LogP contribution in [0.15, 0.2) is 42.1 Å². The van der Waals surface area contributed by atoms with Gasteiger partial charge in [-0.15, -0.1) is 0 Å². The molecule has 1 aromatic carbocycles. The molecular formula is C14H14ClNO2. The second-order valence-electron chi connectivity index (χ2n) is 4.02. The van der Waals surface area contributed by atoms with Crippen LogP contribution in [0.2, 0.25) is 5.02 Å². The summed E-state index contributed by atoms with van der Waals surface area (Å²) < 4.78 is 6.65. The lowest BCUT2D eigenvalue weighted by molar-refractivity contribution is -0.136. The maximum Gasteiger partial charge on any atom is 0.333 e. The van der Waals surface area contributed by atoms with Crippen molar-refractivity contribution < 1.29 is 9.53 Å². The molecule has 3 nitrogen and oxygen atoms in total. The number of hydrogen-bond acceptors (Lipinski definition) is 2. The largest absolute Gasteiger partial charge is 0.466 e. The topological polar surface area (TPSA) is 31.2 Å². The Balaban J connectivity index is 2.31. The van der Waals surface area contributed by atoms with Gasteiger partial charge in [-0.25, -0.2) is 4.79 Å². The molecule has 0 atom stereocenters. The Kier molecular flexibility index (Phi) is 3.72. The van der Waals surface area contributed by atoms with Crippen molar-refractivity contribution in [1.29, 1.82) is 0 Å². The molecule has 0 aliphatic rings. The number of methoxy groups -OCH3 is 1. The Hall–Kier alpha value is -1.74. The normalized spacial score (nSPS) is 11.8. The number of allylic oxidation sites excluding steroid dienone is 1. The number of fused-ring (bicyclic) bond motifs is 1. The number of benzene rings is 1. The first kappa shape index (κ1) is 12.7. The lowest BCUT2D eigenvalue weighted by Gasteiger charge is -2.04. The molecule has 0 aliphatic carbocycles. The van der Waals surface area contributed by atoms with E-state index in [0.717, 1.165) is 10.9 Å². The molecule has 0 saturated heterocycles. The van der Waals surface area contributed by atoms with Crippen LogP contribution < -0.4 is 0 Å². The number of carbonyl (C=O) groups excluding carboxylic acids is 1. The fourth-order valence-electron chi connectivity index (χ4n) is 1.85. The highest BCUT2D eigenvalue weighted by Crippen LogP contribution is 2.24. The zero-order valence-corrected chi connectivity index (χ0v) is 11.1. The molecule has 0 aliphatic heterocycles. The zero-order valence-electron chi connectivity index (χ0n) is 10.3. The molecule has 1 heterocycles. The van der Waals surface area contributed by atoms with Gasteiger partial charge in [0.15, 0.2) is 0 Å². The van der Waals surface area contributed by atoms with E-state index >= 15 is 0 Å². The van der Waals surface area contributed by atoms with Gasteiger partial charge in [-0.05, 0) is 19.1 Å². The van der Waals surface area contributed by atoms with Gasteiger partial charge in [0, 0.05) is 23.7 Å². The van der Waals surface area contributed by atoms with Crippen LogP contribution in [0.4, 0.5) is 0 Å². The van der Waals surface area contributed by atoms with Crippen LogP contribution in [-0.2, 0) is 16.1 Å². The van der Waals surface area contributed by atoms with E-state index in [2.05, 4.69) is 4.74 Å². The third-order valence-electron chi connectivity index (χ3n) is 2.84. The van der Waals surface area contributed by atoms with Crippen LogP contribution in [0.25, 0.3) is 10.9 Å². The quantitative estimate of drug-likeness (QED) is 0.628. The maximum atomic E-state index is 11.3. The van der Waals surface area contributed by atoms with E-state index in [1.165, 1.54) is 7.11 Å². The Morgan fingerprint density at radius 1 is 1.44 bits per heavy atom. The third-order valence-corrected chi connectivity index (χ3v) is 3.15. The number of rotatable bonds is 3. The smallest absolute Gasteiger partial charge is 0.333 e. The molecule has 18 heavy (non-hydrogen) atoms. The molecule has 94 valence electrons. The predicted octanol–water partition coefficient (Wildman–Crippen LogP) is 3.41. The van der Waals surface area contributed by atoms with Crippen LogP contribution in [-0.4, -0.2) is 17.6 Å². The minimum Gasteiger partial charge on any atom is -0.466 e. The lowest BCUT2D eigenvalue weighted by atomic mass is 10.2. The van der Waals surface area contributed by atoms with Gasteiger partial charge in [-0.2, -0.15) is 0 Å². The van der Waals surface area contributed by atoms with Crippen molar-refractivity contribution in [3.05, 3.63) is 47.1 Å². The molecule has 0 N–H and O–H groups in total. The van der Waals surface area contributed by atoms with Gasteiger partial charge in [-0.1, -0.05) is 29.8 Å². The molecule has 0 unspecified atom stereocenters. The highest BCUT2D eigenvalue weighted by molar-refractivity contribution is 6.35. The molecule has 2 aromatic rings. The highest BCUT2D eigenvalue weighted by Gasteiger charge is 2.05. The van der Waals surface area contributed by atoms with Gasteiger partial charge >= 0.3 is 5.97 Å². The summed E-state index contributed by atoms with van der Waals surface area (Å²) in [7, 11) is 1.38. The van der Waals surface area contributed by atoms with Crippen LogP contribution in [0.3, 0.4) is 0 Å². The monoisotopic (exact) mass is 263 g/mol. The summed E-state index contributed by atoms with van der Waals surface area (Å²) >= 11 is 6.18. The summed E-state index contributed by atoms with van der Waals surface area (Å²) in [4.78, 5) is 11.3. The summed E-state index contributed by atoms with van der Waals surface area (Å²) in [5.74, 6) is -0.308. The number of halogens is 1. The van der Waals surface area contributed by atoms with Crippen molar-refractivity contribution in [3.63, 3.8) is 0 Å². The first-order valence-electron chi connectivity index (χ1n) is 5.62. The Bertz CT molecular complexity index is 613.